The number of aromatic hydroxyl groups is 1. The molecule has 7 nitrogen and oxygen atoms in total. The number of phenolic OH excluding ortho intramolecular Hbond substituents is 1. The lowest BCUT2D eigenvalue weighted by Gasteiger charge is -2.34. The average Bonchev–Trinajstić information content (AvgIpc) is 3.61. The van der Waals surface area contributed by atoms with E-state index >= 15 is 4.39 Å². The van der Waals surface area contributed by atoms with E-state index in [2.05, 4.69) is 15.1 Å². The molecule has 4 fully saturated rings. The number of piperazine rings is 1. The van der Waals surface area contributed by atoms with Gasteiger partial charge in [0.2, 0.25) is 0 Å². The van der Waals surface area contributed by atoms with Gasteiger partial charge >= 0.3 is 6.01 Å². The molecule has 218 valence electrons. The third kappa shape index (κ3) is 4.36. The fourth-order valence-corrected chi connectivity index (χ4v) is 8.10. The molecule has 0 aliphatic carbocycles. The number of halogens is 3. The number of fused-ring (bicyclic) bond motifs is 5. The molecule has 2 bridgehead atoms. The van der Waals surface area contributed by atoms with Gasteiger partial charge in [0, 0.05) is 59.5 Å². The molecular weight excluding hydrogens is 560 g/mol. The number of rotatable bonds is 5. The highest BCUT2D eigenvalue weighted by molar-refractivity contribution is 6.36. The Morgan fingerprint density at radius 3 is 2.74 bits per heavy atom. The predicted octanol–water partition coefficient (Wildman–Crippen LogP) is 5.84. The summed E-state index contributed by atoms with van der Waals surface area (Å²) in [5.41, 5.74) is 0.968. The Balaban J connectivity index is 1.25. The van der Waals surface area contributed by atoms with Crippen LogP contribution in [0.1, 0.15) is 32.1 Å². The summed E-state index contributed by atoms with van der Waals surface area (Å²) in [5, 5.41) is 16.6. The van der Waals surface area contributed by atoms with E-state index in [0.29, 0.717) is 69.7 Å². The van der Waals surface area contributed by atoms with Crippen LogP contribution in [0.25, 0.3) is 32.8 Å². The Labute approximate surface area is 247 Å². The normalized spacial score (nSPS) is 27.3. The number of hydrogen-bond acceptors (Lipinski definition) is 7. The summed E-state index contributed by atoms with van der Waals surface area (Å²) >= 11 is 6.58. The number of hydrogen-bond donors (Lipinski definition) is 2. The highest BCUT2D eigenvalue weighted by Crippen LogP contribution is 2.42. The van der Waals surface area contributed by atoms with Gasteiger partial charge in [-0.3, -0.25) is 4.90 Å². The van der Waals surface area contributed by atoms with Crippen LogP contribution in [0.15, 0.2) is 42.5 Å². The van der Waals surface area contributed by atoms with Crippen molar-refractivity contribution in [3.05, 3.63) is 53.3 Å². The van der Waals surface area contributed by atoms with Crippen LogP contribution in [0.3, 0.4) is 0 Å². The highest BCUT2D eigenvalue weighted by atomic mass is 35.5. The molecule has 4 aliphatic heterocycles. The van der Waals surface area contributed by atoms with Crippen molar-refractivity contribution in [3.8, 4) is 22.9 Å². The van der Waals surface area contributed by atoms with Crippen LogP contribution in [-0.2, 0) is 0 Å². The maximum Gasteiger partial charge on any atom is 0.319 e. The first kappa shape index (κ1) is 26.4. The van der Waals surface area contributed by atoms with Crippen molar-refractivity contribution in [1.82, 2.24) is 20.2 Å². The van der Waals surface area contributed by atoms with Crippen molar-refractivity contribution >= 4 is 39.1 Å². The first-order chi connectivity index (χ1) is 20.3. The molecular formula is C32H32ClF2N5O2. The van der Waals surface area contributed by atoms with Crippen molar-refractivity contribution in [2.45, 2.75) is 55.9 Å². The summed E-state index contributed by atoms with van der Waals surface area (Å²) in [5.74, 6) is 0.214. The van der Waals surface area contributed by atoms with E-state index in [1.165, 1.54) is 12.1 Å². The van der Waals surface area contributed by atoms with Crippen molar-refractivity contribution in [1.29, 1.82) is 0 Å². The zero-order valence-electron chi connectivity index (χ0n) is 23.1. The molecule has 4 saturated heterocycles. The number of nitrogens with one attached hydrogen (secondary N) is 1. The number of nitrogens with zero attached hydrogens (tertiary/aromatic N) is 4. The first-order valence-electron chi connectivity index (χ1n) is 14.8. The lowest BCUT2D eigenvalue weighted by Crippen LogP contribution is -2.51. The Bertz CT molecular complexity index is 1710. The van der Waals surface area contributed by atoms with Gasteiger partial charge < -0.3 is 20.1 Å². The average molecular weight is 592 g/mol. The molecule has 2 N–H and O–H groups in total. The minimum atomic E-state index is -0.854. The number of benzene rings is 3. The number of aromatic nitrogens is 2. The topological polar surface area (TPSA) is 73.8 Å². The quantitative estimate of drug-likeness (QED) is 0.302. The SMILES string of the molecule is Oc1cc(-c2cc3nc(OC[C@@]45CCCN4C[C@H](F)C5)nc(N4C[C@H]5CC[C@@H](C4)N5)c3cc2F)c2c(Cl)cccc2c1. The van der Waals surface area contributed by atoms with Gasteiger partial charge in [-0.25, -0.2) is 8.78 Å². The second kappa shape index (κ2) is 9.89. The van der Waals surface area contributed by atoms with Crippen LogP contribution in [0.4, 0.5) is 14.6 Å². The number of alkyl halides is 1. The molecule has 0 unspecified atom stereocenters. The Kier molecular flexibility index (Phi) is 6.21. The fraction of sp³-hybridized carbons (Fsp3) is 0.438. The molecule has 0 amide bonds. The van der Waals surface area contributed by atoms with Crippen molar-refractivity contribution in [2.24, 2.45) is 0 Å². The first-order valence-corrected chi connectivity index (χ1v) is 15.2. The highest BCUT2D eigenvalue weighted by Gasteiger charge is 2.49. The van der Waals surface area contributed by atoms with Crippen LogP contribution >= 0.6 is 11.6 Å². The van der Waals surface area contributed by atoms with E-state index in [1.807, 2.05) is 6.07 Å². The van der Waals surface area contributed by atoms with Crippen LogP contribution in [-0.4, -0.2) is 76.6 Å². The van der Waals surface area contributed by atoms with Crippen molar-refractivity contribution < 1.29 is 18.6 Å². The molecule has 3 aromatic carbocycles. The van der Waals surface area contributed by atoms with E-state index in [4.69, 9.17) is 26.3 Å². The fourth-order valence-electron chi connectivity index (χ4n) is 7.82. The van der Waals surface area contributed by atoms with Crippen molar-refractivity contribution in [2.75, 3.05) is 37.7 Å². The largest absolute Gasteiger partial charge is 0.508 e. The maximum atomic E-state index is 16.1. The molecule has 5 heterocycles. The van der Waals surface area contributed by atoms with Crippen LogP contribution in [0.5, 0.6) is 11.8 Å². The smallest absolute Gasteiger partial charge is 0.319 e. The van der Waals surface area contributed by atoms with E-state index in [0.717, 1.165) is 45.3 Å². The zero-order valence-corrected chi connectivity index (χ0v) is 23.9. The van der Waals surface area contributed by atoms with Crippen LogP contribution in [0, 0.1) is 5.82 Å². The third-order valence-corrected chi connectivity index (χ3v) is 10.0. The molecule has 0 radical (unpaired) electrons. The second-order valence-electron chi connectivity index (χ2n) is 12.4. The molecule has 4 atom stereocenters. The summed E-state index contributed by atoms with van der Waals surface area (Å²) < 4.78 is 36.8. The van der Waals surface area contributed by atoms with E-state index in [-0.39, 0.29) is 22.9 Å². The van der Waals surface area contributed by atoms with Gasteiger partial charge in [0.1, 0.15) is 30.2 Å². The molecule has 0 saturated carbocycles. The van der Waals surface area contributed by atoms with Gasteiger partial charge in [-0.2, -0.15) is 9.97 Å². The third-order valence-electron chi connectivity index (χ3n) is 9.69. The predicted molar refractivity (Wildman–Crippen MR) is 160 cm³/mol. The monoisotopic (exact) mass is 591 g/mol. The summed E-state index contributed by atoms with van der Waals surface area (Å²) in [6.45, 7) is 3.16. The van der Waals surface area contributed by atoms with Crippen LogP contribution < -0.4 is 15.0 Å². The Morgan fingerprint density at radius 1 is 1.07 bits per heavy atom. The van der Waals surface area contributed by atoms with Gasteiger partial charge in [0.25, 0.3) is 0 Å². The van der Waals surface area contributed by atoms with Gasteiger partial charge in [0.05, 0.1) is 11.1 Å². The lowest BCUT2D eigenvalue weighted by atomic mass is 9.95. The molecule has 4 aromatic rings. The lowest BCUT2D eigenvalue weighted by molar-refractivity contribution is 0.107. The van der Waals surface area contributed by atoms with Gasteiger partial charge in [-0.05, 0) is 73.5 Å². The van der Waals surface area contributed by atoms with Gasteiger partial charge in [-0.1, -0.05) is 23.7 Å². The summed E-state index contributed by atoms with van der Waals surface area (Å²) in [7, 11) is 0. The Morgan fingerprint density at radius 2 is 1.90 bits per heavy atom. The molecule has 10 heteroatoms. The van der Waals surface area contributed by atoms with E-state index < -0.39 is 12.0 Å². The maximum absolute atomic E-state index is 16.1. The standard InChI is InChI=1S/C32H32ClF2N5O2/c33-26-4-1-3-18-9-22(41)10-24(29(18)26)23-12-28-25(11-27(23)35)30(39-15-20-5-6-21(16-39)36-20)38-31(37-28)42-17-32-7-2-8-40(32)14-19(34)13-32/h1,3-4,9-12,19-21,36,41H,2,5-8,13-17H2/t19-,20-,21+,32+/m1/s1. The van der Waals surface area contributed by atoms with Crippen LogP contribution in [0.2, 0.25) is 5.02 Å². The molecule has 4 aliphatic rings. The molecule has 1 aromatic heterocycles. The molecule has 0 spiro atoms. The minimum Gasteiger partial charge on any atom is -0.508 e. The van der Waals surface area contributed by atoms with Gasteiger partial charge in [0.15, 0.2) is 0 Å². The number of anilines is 1. The van der Waals surface area contributed by atoms with Gasteiger partial charge in [-0.15, -0.1) is 0 Å². The number of phenols is 1. The minimum absolute atomic E-state index is 0.0195. The van der Waals surface area contributed by atoms with Crippen molar-refractivity contribution in [3.63, 3.8) is 0 Å². The van der Waals surface area contributed by atoms with E-state index in [1.54, 1.807) is 24.3 Å². The molecule has 8 rings (SSSR count). The second-order valence-corrected chi connectivity index (χ2v) is 12.8. The number of ether oxygens (including phenoxy) is 1. The summed E-state index contributed by atoms with van der Waals surface area (Å²) in [6, 6.07) is 12.7. The Hall–Kier alpha value is -3.27. The van der Waals surface area contributed by atoms with E-state index in [9.17, 15) is 9.50 Å². The summed E-state index contributed by atoms with van der Waals surface area (Å²) in [6.07, 6.45) is 3.70. The summed E-state index contributed by atoms with van der Waals surface area (Å²) in [4.78, 5) is 14.1. The zero-order chi connectivity index (χ0) is 28.6. The molecule has 42 heavy (non-hydrogen) atoms.